The maximum Gasteiger partial charge on any atom is 0.332 e. The Morgan fingerprint density at radius 2 is 1.97 bits per heavy atom. The van der Waals surface area contributed by atoms with Gasteiger partial charge in [0.25, 0.3) is 5.56 Å². The fourth-order valence-electron chi connectivity index (χ4n) is 3.92. The van der Waals surface area contributed by atoms with E-state index in [-0.39, 0.29) is 30.6 Å². The molecule has 0 spiro atoms. The van der Waals surface area contributed by atoms with Crippen molar-refractivity contribution in [2.75, 3.05) is 6.54 Å². The van der Waals surface area contributed by atoms with Gasteiger partial charge in [-0.3, -0.25) is 18.7 Å². The quantitative estimate of drug-likeness (QED) is 0.658. The highest BCUT2D eigenvalue weighted by atomic mass is 32.1. The number of likely N-dealkylation sites (tertiary alicyclic amines) is 1. The Labute approximate surface area is 170 Å². The molecule has 0 N–H and O–H groups in total. The number of benzene rings is 1. The van der Waals surface area contributed by atoms with Gasteiger partial charge < -0.3 is 4.90 Å². The summed E-state index contributed by atoms with van der Waals surface area (Å²) in [6.07, 6.45) is 2.99. The van der Waals surface area contributed by atoms with Crippen LogP contribution in [0, 0.1) is 5.82 Å². The third-order valence-corrected chi connectivity index (χ3v) is 6.43. The Bertz CT molecular complexity index is 1180. The fraction of sp³-hybridized carbons (Fsp3) is 0.381. The van der Waals surface area contributed by atoms with Crippen LogP contribution >= 0.6 is 11.3 Å². The van der Waals surface area contributed by atoms with Gasteiger partial charge in [0.1, 0.15) is 17.1 Å². The highest BCUT2D eigenvalue weighted by Crippen LogP contribution is 2.19. The highest BCUT2D eigenvalue weighted by molar-refractivity contribution is 7.17. The molecule has 1 aromatic carbocycles. The van der Waals surface area contributed by atoms with Crippen LogP contribution in [0.15, 0.2) is 45.3 Å². The first-order valence-corrected chi connectivity index (χ1v) is 10.6. The molecule has 4 rings (SSSR count). The lowest BCUT2D eigenvalue weighted by atomic mass is 10.0. The van der Waals surface area contributed by atoms with E-state index in [9.17, 15) is 18.8 Å². The number of aromatic nitrogens is 2. The van der Waals surface area contributed by atoms with Crippen LogP contribution in [0.4, 0.5) is 4.39 Å². The third-order valence-electron chi connectivity index (χ3n) is 5.54. The minimum absolute atomic E-state index is 0.131. The second-order valence-corrected chi connectivity index (χ2v) is 8.33. The zero-order valence-corrected chi connectivity index (χ0v) is 17.0. The Balaban J connectivity index is 1.77. The van der Waals surface area contributed by atoms with Gasteiger partial charge in [-0.1, -0.05) is 18.2 Å². The average molecular weight is 415 g/mol. The van der Waals surface area contributed by atoms with Crippen molar-refractivity contribution in [3.63, 3.8) is 0 Å². The van der Waals surface area contributed by atoms with E-state index in [1.165, 1.54) is 22.0 Å². The molecular weight excluding hydrogens is 393 g/mol. The number of halogens is 1. The van der Waals surface area contributed by atoms with Gasteiger partial charge in [0.2, 0.25) is 5.91 Å². The third kappa shape index (κ3) is 3.64. The molecule has 2 aromatic heterocycles. The number of nitrogens with zero attached hydrogens (tertiary/aromatic N) is 3. The summed E-state index contributed by atoms with van der Waals surface area (Å²) >= 11 is 1.22. The van der Waals surface area contributed by atoms with Crippen molar-refractivity contribution in [2.24, 2.45) is 0 Å². The summed E-state index contributed by atoms with van der Waals surface area (Å²) in [6.45, 7) is 2.38. The van der Waals surface area contributed by atoms with Gasteiger partial charge in [0.05, 0.1) is 12.1 Å². The molecule has 0 aliphatic carbocycles. The first kappa shape index (κ1) is 19.6. The van der Waals surface area contributed by atoms with E-state index in [1.54, 1.807) is 34.5 Å². The van der Waals surface area contributed by atoms with E-state index in [0.717, 1.165) is 23.8 Å². The summed E-state index contributed by atoms with van der Waals surface area (Å²) in [4.78, 5) is 40.7. The standard InChI is InChI=1S/C21H22FN3O3S/c1-14-6-4-5-10-23(14)18(26)13-24-17-9-11-29-19(17)20(27)25(21(24)28)12-15-7-2-3-8-16(15)22/h2-3,7-9,11,14H,4-6,10,12-13H2,1H3/t14-/m0/s1. The lowest BCUT2D eigenvalue weighted by Crippen LogP contribution is -2.47. The Morgan fingerprint density at radius 3 is 2.72 bits per heavy atom. The van der Waals surface area contributed by atoms with Gasteiger partial charge in [-0.2, -0.15) is 0 Å². The minimum Gasteiger partial charge on any atom is -0.338 e. The van der Waals surface area contributed by atoms with Crippen molar-refractivity contribution in [1.82, 2.24) is 14.0 Å². The van der Waals surface area contributed by atoms with Crippen LogP contribution < -0.4 is 11.2 Å². The average Bonchev–Trinajstić information content (AvgIpc) is 3.20. The lowest BCUT2D eigenvalue weighted by molar-refractivity contribution is -0.135. The summed E-state index contributed by atoms with van der Waals surface area (Å²) in [7, 11) is 0. The Kier molecular flexibility index (Phi) is 5.36. The van der Waals surface area contributed by atoms with E-state index < -0.39 is 17.1 Å². The second-order valence-electron chi connectivity index (χ2n) is 7.42. The van der Waals surface area contributed by atoms with Crippen LogP contribution in [0.2, 0.25) is 0 Å². The molecule has 1 saturated heterocycles. The van der Waals surface area contributed by atoms with Crippen LogP contribution in [0.1, 0.15) is 31.7 Å². The topological polar surface area (TPSA) is 64.3 Å². The summed E-state index contributed by atoms with van der Waals surface area (Å²) < 4.78 is 16.9. The smallest absolute Gasteiger partial charge is 0.332 e. The van der Waals surface area contributed by atoms with Gasteiger partial charge in [0.15, 0.2) is 0 Å². The van der Waals surface area contributed by atoms with Crippen molar-refractivity contribution in [1.29, 1.82) is 0 Å². The molecule has 1 amide bonds. The number of piperidine rings is 1. The molecular formula is C21H22FN3O3S. The number of carbonyl (C=O) groups excluding carboxylic acids is 1. The maximum atomic E-state index is 14.1. The summed E-state index contributed by atoms with van der Waals surface area (Å²) in [5.74, 6) is -0.613. The number of amides is 1. The first-order chi connectivity index (χ1) is 14.0. The molecule has 3 heterocycles. The van der Waals surface area contributed by atoms with Crippen LogP contribution in [-0.4, -0.2) is 32.5 Å². The van der Waals surface area contributed by atoms with Crippen molar-refractivity contribution in [3.05, 3.63) is 67.9 Å². The largest absolute Gasteiger partial charge is 0.338 e. The molecule has 3 aromatic rings. The number of thiophene rings is 1. The van der Waals surface area contributed by atoms with Gasteiger partial charge in [-0.15, -0.1) is 11.3 Å². The van der Waals surface area contributed by atoms with E-state index in [0.29, 0.717) is 16.8 Å². The maximum absolute atomic E-state index is 14.1. The monoisotopic (exact) mass is 415 g/mol. The van der Waals surface area contributed by atoms with Gasteiger partial charge >= 0.3 is 5.69 Å². The Hall–Kier alpha value is -2.74. The Morgan fingerprint density at radius 1 is 1.17 bits per heavy atom. The van der Waals surface area contributed by atoms with E-state index >= 15 is 0 Å². The highest BCUT2D eigenvalue weighted by Gasteiger charge is 2.25. The molecule has 0 unspecified atom stereocenters. The predicted octanol–water partition coefficient (Wildman–Crippen LogP) is 2.81. The fourth-order valence-corrected chi connectivity index (χ4v) is 4.76. The van der Waals surface area contributed by atoms with Crippen LogP contribution in [0.3, 0.4) is 0 Å². The molecule has 1 fully saturated rings. The molecule has 8 heteroatoms. The SMILES string of the molecule is C[C@H]1CCCCN1C(=O)Cn1c(=O)n(Cc2ccccc2F)c(=O)c2sccc21. The molecule has 1 atom stereocenters. The van der Waals surface area contributed by atoms with Gasteiger partial charge in [-0.05, 0) is 43.7 Å². The van der Waals surface area contributed by atoms with E-state index in [2.05, 4.69) is 0 Å². The zero-order chi connectivity index (χ0) is 20.5. The molecule has 1 aliphatic heterocycles. The summed E-state index contributed by atoms with van der Waals surface area (Å²) in [6, 6.07) is 7.88. The summed E-state index contributed by atoms with van der Waals surface area (Å²) in [5, 5.41) is 1.73. The van der Waals surface area contributed by atoms with Crippen molar-refractivity contribution < 1.29 is 9.18 Å². The number of carbonyl (C=O) groups is 1. The number of rotatable bonds is 4. The normalized spacial score (nSPS) is 17.0. The molecule has 0 saturated carbocycles. The number of fused-ring (bicyclic) bond motifs is 1. The molecule has 0 radical (unpaired) electrons. The molecule has 29 heavy (non-hydrogen) atoms. The molecule has 6 nitrogen and oxygen atoms in total. The van der Waals surface area contributed by atoms with Gasteiger partial charge in [0, 0.05) is 18.2 Å². The van der Waals surface area contributed by atoms with Crippen molar-refractivity contribution >= 4 is 27.5 Å². The molecule has 0 bridgehead atoms. The van der Waals surface area contributed by atoms with Crippen LogP contribution in [-0.2, 0) is 17.9 Å². The van der Waals surface area contributed by atoms with E-state index in [4.69, 9.17) is 0 Å². The minimum atomic E-state index is -0.595. The second kappa shape index (κ2) is 7.94. The number of hydrogen-bond donors (Lipinski definition) is 0. The van der Waals surface area contributed by atoms with Gasteiger partial charge in [-0.25, -0.2) is 9.18 Å². The molecule has 152 valence electrons. The van der Waals surface area contributed by atoms with Crippen molar-refractivity contribution in [2.45, 2.75) is 45.3 Å². The number of hydrogen-bond acceptors (Lipinski definition) is 4. The van der Waals surface area contributed by atoms with E-state index in [1.807, 2.05) is 6.92 Å². The van der Waals surface area contributed by atoms with Crippen LogP contribution in [0.25, 0.3) is 10.2 Å². The summed E-state index contributed by atoms with van der Waals surface area (Å²) in [5.41, 5.74) is -0.349. The molecule has 1 aliphatic rings. The zero-order valence-electron chi connectivity index (χ0n) is 16.1. The lowest BCUT2D eigenvalue weighted by Gasteiger charge is -2.33. The predicted molar refractivity (Wildman–Crippen MR) is 111 cm³/mol. The van der Waals surface area contributed by atoms with Crippen LogP contribution in [0.5, 0.6) is 0 Å². The first-order valence-electron chi connectivity index (χ1n) is 9.71. The van der Waals surface area contributed by atoms with Crippen molar-refractivity contribution in [3.8, 4) is 0 Å².